The highest BCUT2D eigenvalue weighted by Gasteiger charge is 2.25. The number of allylic oxidation sites excluding steroid dienone is 10. The molecule has 2 unspecified atom stereocenters. The second-order valence-corrected chi connectivity index (χ2v) is 11.5. The molecule has 0 amide bonds. The molecule has 0 saturated heterocycles. The van der Waals surface area contributed by atoms with Crippen molar-refractivity contribution in [3.05, 3.63) is 60.8 Å². The summed E-state index contributed by atoms with van der Waals surface area (Å²) < 4.78 is 32.3. The van der Waals surface area contributed by atoms with Gasteiger partial charge in [-0.15, -0.1) is 0 Å². The summed E-state index contributed by atoms with van der Waals surface area (Å²) in [7, 11) is -4.38. The number of rotatable bonds is 28. The number of unbranched alkanes of at least 4 members (excludes halogenated alkanes) is 8. The standard InChI is InChI=1S/C33H56NO8P/c1-3-5-7-9-11-13-14-15-16-18-20-22-24-26-33(36)42-31(30-41-43(37,38)40-28-27-34)29-39-32(35)25-23-21-19-17-12-10-8-6-4-2/h5,7,9,11,13-17,19,31H,3-4,6,8,10,12,18,20-30,34H2,1-2H3,(H,37,38)/b7-5+,11-9+,14-13+,16-15+,19-17+. The molecule has 3 N–H and O–H groups in total. The van der Waals surface area contributed by atoms with Crippen molar-refractivity contribution in [2.45, 2.75) is 110 Å². The largest absolute Gasteiger partial charge is 0.472 e. The minimum absolute atomic E-state index is 0.0404. The Morgan fingerprint density at radius 2 is 1.33 bits per heavy atom. The molecular formula is C33H56NO8P. The lowest BCUT2D eigenvalue weighted by atomic mass is 10.1. The van der Waals surface area contributed by atoms with Crippen LogP contribution in [0.1, 0.15) is 104 Å². The van der Waals surface area contributed by atoms with E-state index >= 15 is 0 Å². The summed E-state index contributed by atoms with van der Waals surface area (Å²) in [5.74, 6) is -0.928. The van der Waals surface area contributed by atoms with Crippen molar-refractivity contribution in [1.29, 1.82) is 0 Å². The first-order chi connectivity index (χ1) is 20.8. The number of hydrogen-bond acceptors (Lipinski definition) is 8. The van der Waals surface area contributed by atoms with E-state index in [1.807, 2.05) is 36.5 Å². The molecule has 0 heterocycles. The molecule has 246 valence electrons. The second-order valence-electron chi connectivity index (χ2n) is 10.0. The molecule has 0 aromatic rings. The average molecular weight is 626 g/mol. The predicted molar refractivity (Wildman–Crippen MR) is 173 cm³/mol. The van der Waals surface area contributed by atoms with E-state index < -0.39 is 32.5 Å². The fourth-order valence-electron chi connectivity index (χ4n) is 3.64. The van der Waals surface area contributed by atoms with E-state index in [2.05, 4.69) is 38.2 Å². The summed E-state index contributed by atoms with van der Waals surface area (Å²) in [6.45, 7) is 3.41. The predicted octanol–water partition coefficient (Wildman–Crippen LogP) is 7.82. The van der Waals surface area contributed by atoms with E-state index in [0.717, 1.165) is 38.5 Å². The van der Waals surface area contributed by atoms with Gasteiger partial charge in [0.2, 0.25) is 0 Å². The van der Waals surface area contributed by atoms with Crippen LogP contribution < -0.4 is 5.73 Å². The lowest BCUT2D eigenvalue weighted by Gasteiger charge is -2.19. The van der Waals surface area contributed by atoms with Crippen molar-refractivity contribution in [2.75, 3.05) is 26.4 Å². The molecule has 0 radical (unpaired) electrons. The van der Waals surface area contributed by atoms with Crippen molar-refractivity contribution in [2.24, 2.45) is 5.73 Å². The van der Waals surface area contributed by atoms with Crippen LogP contribution in [0, 0.1) is 0 Å². The fourth-order valence-corrected chi connectivity index (χ4v) is 4.41. The third-order valence-electron chi connectivity index (χ3n) is 5.98. The SMILES string of the molecule is CC/C=C/C=C/C=C/C=C/CCCCCC(=O)OC(COC(=O)CCC/C=C/CCCCCC)COP(=O)(O)OCCN. The van der Waals surface area contributed by atoms with Gasteiger partial charge in [-0.2, -0.15) is 0 Å². The summed E-state index contributed by atoms with van der Waals surface area (Å²) in [4.78, 5) is 34.4. The van der Waals surface area contributed by atoms with Gasteiger partial charge in [-0.25, -0.2) is 4.57 Å². The van der Waals surface area contributed by atoms with Crippen LogP contribution in [0.2, 0.25) is 0 Å². The Morgan fingerprint density at radius 3 is 2.00 bits per heavy atom. The number of hydrogen-bond donors (Lipinski definition) is 2. The molecular weight excluding hydrogens is 569 g/mol. The third kappa shape index (κ3) is 29.6. The lowest BCUT2D eigenvalue weighted by molar-refractivity contribution is -0.161. The molecule has 0 aromatic carbocycles. The van der Waals surface area contributed by atoms with Gasteiger partial charge in [-0.3, -0.25) is 18.6 Å². The molecule has 10 heteroatoms. The Labute approximate surface area is 259 Å². The van der Waals surface area contributed by atoms with E-state index in [9.17, 15) is 19.0 Å². The zero-order valence-electron chi connectivity index (χ0n) is 26.4. The molecule has 0 bridgehead atoms. The zero-order valence-corrected chi connectivity index (χ0v) is 27.3. The number of phosphoric acid groups is 1. The van der Waals surface area contributed by atoms with Gasteiger partial charge in [0, 0.05) is 19.4 Å². The Bertz CT molecular complexity index is 897. The number of nitrogens with two attached hydrogens (primary N) is 1. The molecule has 0 aromatic heterocycles. The van der Waals surface area contributed by atoms with Crippen LogP contribution in [0.5, 0.6) is 0 Å². The Kier molecular flexibility index (Phi) is 28.2. The van der Waals surface area contributed by atoms with E-state index in [4.69, 9.17) is 24.3 Å². The number of ether oxygens (including phenoxy) is 2. The van der Waals surface area contributed by atoms with Crippen molar-refractivity contribution in [3.8, 4) is 0 Å². The Morgan fingerprint density at radius 1 is 0.721 bits per heavy atom. The molecule has 0 aliphatic heterocycles. The van der Waals surface area contributed by atoms with Crippen molar-refractivity contribution in [1.82, 2.24) is 0 Å². The van der Waals surface area contributed by atoms with Crippen LogP contribution >= 0.6 is 7.82 Å². The number of phosphoric ester groups is 1. The summed E-state index contributed by atoms with van der Waals surface area (Å²) >= 11 is 0. The molecule has 2 atom stereocenters. The monoisotopic (exact) mass is 625 g/mol. The molecule has 43 heavy (non-hydrogen) atoms. The zero-order chi connectivity index (χ0) is 31.9. The van der Waals surface area contributed by atoms with Crippen molar-refractivity contribution >= 4 is 19.8 Å². The highest BCUT2D eigenvalue weighted by Crippen LogP contribution is 2.43. The van der Waals surface area contributed by atoms with Crippen molar-refractivity contribution < 1.29 is 37.6 Å². The highest BCUT2D eigenvalue weighted by atomic mass is 31.2. The van der Waals surface area contributed by atoms with Gasteiger partial charge >= 0.3 is 19.8 Å². The maximum atomic E-state index is 12.4. The van der Waals surface area contributed by atoms with Crippen LogP contribution in [-0.4, -0.2) is 49.3 Å². The molecule has 0 saturated carbocycles. The van der Waals surface area contributed by atoms with Gasteiger partial charge in [-0.05, 0) is 51.4 Å². The van der Waals surface area contributed by atoms with Crippen molar-refractivity contribution in [3.63, 3.8) is 0 Å². The van der Waals surface area contributed by atoms with E-state index in [0.29, 0.717) is 12.8 Å². The van der Waals surface area contributed by atoms with Crippen LogP contribution in [-0.2, 0) is 32.7 Å². The third-order valence-corrected chi connectivity index (χ3v) is 6.97. The van der Waals surface area contributed by atoms with Crippen LogP contribution in [0.25, 0.3) is 0 Å². The summed E-state index contributed by atoms with van der Waals surface area (Å²) in [5, 5.41) is 0. The van der Waals surface area contributed by atoms with E-state index in [1.165, 1.54) is 25.7 Å². The number of carbonyl (C=O) groups is 2. The summed E-state index contributed by atoms with van der Waals surface area (Å²) in [5.41, 5.74) is 5.30. The molecule has 0 fully saturated rings. The van der Waals surface area contributed by atoms with Gasteiger partial charge in [0.25, 0.3) is 0 Å². The lowest BCUT2D eigenvalue weighted by Crippen LogP contribution is -2.29. The molecule has 9 nitrogen and oxygen atoms in total. The molecule has 0 spiro atoms. The first-order valence-corrected chi connectivity index (χ1v) is 17.3. The fraction of sp³-hybridized carbons (Fsp3) is 0.636. The summed E-state index contributed by atoms with van der Waals surface area (Å²) in [6, 6.07) is 0. The maximum Gasteiger partial charge on any atom is 0.472 e. The smallest absolute Gasteiger partial charge is 0.462 e. The first kappa shape index (κ1) is 40.7. The average Bonchev–Trinajstić information content (AvgIpc) is 2.99. The molecule has 0 aliphatic rings. The highest BCUT2D eigenvalue weighted by molar-refractivity contribution is 7.47. The van der Waals surface area contributed by atoms with Crippen LogP contribution in [0.3, 0.4) is 0 Å². The van der Waals surface area contributed by atoms with E-state index in [-0.39, 0.29) is 32.6 Å². The minimum Gasteiger partial charge on any atom is -0.462 e. The van der Waals surface area contributed by atoms with Gasteiger partial charge in [0.1, 0.15) is 6.61 Å². The number of esters is 2. The van der Waals surface area contributed by atoms with Crippen LogP contribution in [0.15, 0.2) is 60.8 Å². The van der Waals surface area contributed by atoms with Gasteiger partial charge in [-0.1, -0.05) is 100 Å². The minimum atomic E-state index is -4.38. The Balaban J connectivity index is 4.47. The van der Waals surface area contributed by atoms with Gasteiger partial charge < -0.3 is 20.1 Å². The van der Waals surface area contributed by atoms with Gasteiger partial charge in [0.15, 0.2) is 6.10 Å². The quantitative estimate of drug-likeness (QED) is 0.0293. The normalized spacial score (nSPS) is 14.4. The van der Waals surface area contributed by atoms with E-state index in [1.54, 1.807) is 0 Å². The van der Waals surface area contributed by atoms with Gasteiger partial charge in [0.05, 0.1) is 13.2 Å². The maximum absolute atomic E-state index is 12.4. The van der Waals surface area contributed by atoms with Crippen LogP contribution in [0.4, 0.5) is 0 Å². The second kappa shape index (κ2) is 29.8. The number of carbonyl (C=O) groups excluding carboxylic acids is 2. The Hall–Kier alpha value is -2.29. The molecule has 0 aliphatic carbocycles. The first-order valence-electron chi connectivity index (χ1n) is 15.8. The molecule has 0 rings (SSSR count). The topological polar surface area (TPSA) is 134 Å². The summed E-state index contributed by atoms with van der Waals surface area (Å²) in [6.07, 6.45) is 31.3.